The first-order chi connectivity index (χ1) is 29.4. The molecule has 3 aliphatic rings. The zero-order chi connectivity index (χ0) is 45.7. The Balaban J connectivity index is 0.000000573. The van der Waals surface area contributed by atoms with E-state index >= 15 is 0 Å². The van der Waals surface area contributed by atoms with Gasteiger partial charge in [-0.25, -0.2) is 51.1 Å². The standard InChI is InChI=1S/C19H23ClN6O5P.C13H18N6O4P.CH5N.CH4.ClH.3HI.V.2Y/c1-10-16(27)14(8-29-32(28,22-3)31-13-6-4-12(20)5-7-13)30-18(10)26-9-23-15-11(2)24-19(21)25-17(15)26;1-6-10-8(4-21-24(20,15-3)23-10)22-12(6)19-5-16-9-7(2)17-13(14)18-11(9)19;1-2;;;;;;;;/h4-7,9,14,16,18,27H,8H2,1-3H3,(H,22,28)(H2,21,24,25);5,8,10,12H,4H2,1-3H3,(H,15,20)(H2,14,17,18);2H2,1H3;1H4;4*1H;;;/q2*-1;;;;;;;+3;;/p-3/t14-,16+,18-,32?;8-,10+,12-,24?;;;;;;;;;/m11........./s1. The van der Waals surface area contributed by atoms with Gasteiger partial charge in [-0.1, -0.05) is 19.0 Å². The second-order valence-electron chi connectivity index (χ2n) is 13.3. The molecule has 9 N–H and O–H groups in total. The van der Waals surface area contributed by atoms with E-state index in [2.05, 4.69) is 106 Å². The average molecular weight is 1530 g/mol. The number of benzene rings is 1. The Morgan fingerprint density at radius 3 is 1.89 bits per heavy atom. The van der Waals surface area contributed by atoms with Crippen LogP contribution in [0.25, 0.3) is 22.3 Å². The number of aliphatic hydroxyl groups is 1. The Kier molecular flexibility index (Phi) is 29.1. The molecule has 1 aromatic carbocycles. The molecule has 0 spiro atoms. The number of fused-ring (bicyclic) bond motifs is 3. The van der Waals surface area contributed by atoms with Crippen LogP contribution in [-0.4, -0.2) is 103 Å². The fraction of sp³-hybridized carbons (Fsp3) is 0.471. The molecule has 2 unspecified atom stereocenters. The molecule has 8 rings (SSSR count). The van der Waals surface area contributed by atoms with Gasteiger partial charge in [0.15, 0.2) is 11.3 Å². The van der Waals surface area contributed by atoms with Crippen LogP contribution in [0.5, 0.6) is 5.75 Å². The maximum atomic E-state index is 13.0. The second-order valence-corrected chi connectivity index (χ2v) is 52.9. The van der Waals surface area contributed by atoms with Gasteiger partial charge in [0.2, 0.25) is 11.9 Å². The molecular weight excluding hydrogens is 1480 g/mol. The van der Waals surface area contributed by atoms with Gasteiger partial charge in [-0.3, -0.25) is 9.05 Å². The Bertz CT molecular complexity index is 2410. The smallest absolute Gasteiger partial charge is 0 e. The van der Waals surface area contributed by atoms with Gasteiger partial charge in [0.1, 0.15) is 16.8 Å². The fourth-order valence-corrected chi connectivity index (χ4v) is 8.84. The minimum Gasteiger partial charge on any atom is 0 e. The molecule has 66 heavy (non-hydrogen) atoms. The zero-order valence-electron chi connectivity index (χ0n) is 35.8. The molecule has 3 saturated heterocycles. The van der Waals surface area contributed by atoms with Crippen molar-refractivity contribution in [1.29, 1.82) is 0 Å². The topological polar surface area (TPSA) is 299 Å². The van der Waals surface area contributed by atoms with E-state index in [9.17, 15) is 14.2 Å². The summed E-state index contributed by atoms with van der Waals surface area (Å²) in [5.74, 6) is 2.09. The van der Waals surface area contributed by atoms with E-state index < -0.39 is 46.3 Å². The van der Waals surface area contributed by atoms with Crippen molar-refractivity contribution in [3.05, 3.63) is 65.2 Å². The first-order valence-electron chi connectivity index (χ1n) is 18.3. The first kappa shape index (κ1) is 65.4. The van der Waals surface area contributed by atoms with Crippen LogP contribution in [0.3, 0.4) is 0 Å². The van der Waals surface area contributed by atoms with Gasteiger partial charge in [0.25, 0.3) is 0 Å². The van der Waals surface area contributed by atoms with Gasteiger partial charge in [-0.2, -0.15) is 23.8 Å². The van der Waals surface area contributed by atoms with E-state index in [0.29, 0.717) is 50.4 Å². The monoisotopic (exact) mass is 1530 g/mol. The third-order valence-corrected chi connectivity index (χ3v) is 12.7. The van der Waals surface area contributed by atoms with Crippen molar-refractivity contribution in [3.63, 3.8) is 0 Å². The van der Waals surface area contributed by atoms with Crippen LogP contribution in [0.1, 0.15) is 45.1 Å². The third-order valence-electron chi connectivity index (χ3n) is 9.38. The summed E-state index contributed by atoms with van der Waals surface area (Å²) in [5, 5.41) is 16.4. The fourth-order valence-electron chi connectivity index (χ4n) is 6.45. The van der Waals surface area contributed by atoms with Crippen molar-refractivity contribution in [1.82, 2.24) is 49.2 Å². The number of aryl methyl sites for hydroxylation is 2. The molecule has 0 saturated carbocycles. The van der Waals surface area contributed by atoms with Gasteiger partial charge in [0.05, 0.1) is 49.5 Å². The predicted octanol–water partition coefficient (Wildman–Crippen LogP) is 6.88. The van der Waals surface area contributed by atoms with E-state index in [1.807, 2.05) is 13.8 Å². The van der Waals surface area contributed by atoms with E-state index in [-0.39, 0.29) is 121 Å². The molecule has 4 aromatic heterocycles. The normalized spacial score (nSPS) is 24.3. The molecule has 32 heteroatoms. The number of imidazole rings is 2. The minimum absolute atomic E-state index is 0. The summed E-state index contributed by atoms with van der Waals surface area (Å²) in [4.78, 5) is 25.2. The van der Waals surface area contributed by atoms with Crippen molar-refractivity contribution in [2.45, 2.75) is 72.0 Å². The van der Waals surface area contributed by atoms with Gasteiger partial charge >= 0.3 is 80.4 Å². The second kappa shape index (κ2) is 29.3. The van der Waals surface area contributed by atoms with Gasteiger partial charge < -0.3 is 50.0 Å². The largest absolute Gasteiger partial charge is 0 e. The molecule has 3 fully saturated rings. The van der Waals surface area contributed by atoms with Crippen LogP contribution >= 0.6 is 99.4 Å². The molecule has 5 aromatic rings. The van der Waals surface area contributed by atoms with E-state index in [4.69, 9.17) is 50.6 Å². The summed E-state index contributed by atoms with van der Waals surface area (Å²) in [6.07, 6.45) is -0.475. The van der Waals surface area contributed by atoms with Crippen molar-refractivity contribution >= 4 is 134 Å². The molecule has 8 atom stereocenters. The van der Waals surface area contributed by atoms with Crippen molar-refractivity contribution in [2.75, 3.05) is 45.8 Å². The molecule has 7 heterocycles. The maximum absolute atomic E-state index is 13.0. The number of rotatable bonds is 9. The first-order valence-corrected chi connectivity index (χ1v) is 35.3. The Labute approximate surface area is 482 Å². The Morgan fingerprint density at radius 2 is 1.42 bits per heavy atom. The van der Waals surface area contributed by atoms with Crippen LogP contribution in [0.15, 0.2) is 36.9 Å². The minimum atomic E-state index is -3.72. The summed E-state index contributed by atoms with van der Waals surface area (Å²) < 4.78 is 62.7. The van der Waals surface area contributed by atoms with Crippen LogP contribution in [0, 0.1) is 25.7 Å². The Morgan fingerprint density at radius 1 is 0.939 bits per heavy atom. The number of ether oxygens (including phenoxy) is 2. The van der Waals surface area contributed by atoms with Crippen LogP contribution in [0.4, 0.5) is 11.9 Å². The summed E-state index contributed by atoms with van der Waals surface area (Å²) in [6.45, 7) is 7.24. The number of nitrogens with one attached hydrogen (secondary N) is 2. The van der Waals surface area contributed by atoms with Gasteiger partial charge in [-0.05, 0) is 71.5 Å². The van der Waals surface area contributed by atoms with E-state index in [0.717, 1.165) is 5.92 Å². The zero-order valence-corrected chi connectivity index (χ0v) is 52.7. The van der Waals surface area contributed by atoms with Crippen LogP contribution in [-0.2, 0) is 103 Å². The number of nitrogens with two attached hydrogens (primary N) is 3. The molecule has 364 valence electrons. The van der Waals surface area contributed by atoms with Crippen molar-refractivity contribution in [3.8, 4) is 5.75 Å². The van der Waals surface area contributed by atoms with Crippen LogP contribution in [0.2, 0.25) is 5.02 Å². The number of anilines is 2. The Hall–Kier alpha value is 1.38. The molecule has 0 amide bonds. The maximum Gasteiger partial charge on any atom is 0 e. The predicted molar refractivity (Wildman–Crippen MR) is 269 cm³/mol. The van der Waals surface area contributed by atoms with Crippen molar-refractivity contribution in [2.24, 2.45) is 5.73 Å². The van der Waals surface area contributed by atoms with Gasteiger partial charge in [0, 0.05) is 82.9 Å². The summed E-state index contributed by atoms with van der Waals surface area (Å²) >= 11 is 13.3. The molecule has 0 bridgehead atoms. The molecule has 3 aliphatic heterocycles. The number of nitrogens with zero attached hydrogens (tertiary/aromatic N) is 8. The number of halogens is 5. The SMILES string of the molecule is C.CN.CNP(=O)(OC[C@H]1O[C@@H](n2cnc3c(C)nc(N)nc32)[C-](C)[C@@H]1O)Oc1ccc(Cl)cc1.CNP1(=O)OC[C@H]2O[C@@H](n3cnc4c(C)nc(N)nc43)[C-](C)[C@@H]2O1.Cl.[I][V]([I])[I].[Y].[Y]. The van der Waals surface area contributed by atoms with Crippen molar-refractivity contribution < 1.29 is 112 Å². The summed E-state index contributed by atoms with van der Waals surface area (Å²) in [5.41, 5.74) is 19.7. The third kappa shape index (κ3) is 16.2. The summed E-state index contributed by atoms with van der Waals surface area (Å²) in [7, 11) is -2.52. The number of nitrogen functional groups attached to an aromatic ring is 2. The number of hydrogen-bond donors (Lipinski definition) is 6. The summed E-state index contributed by atoms with van der Waals surface area (Å²) in [6, 6.07) is 6.36. The number of hydrogen-bond acceptors (Lipinski definition) is 18. The molecular formula is C34H51Cl2I3N13O9P2VY2-2. The molecule has 22 nitrogen and oxygen atoms in total. The van der Waals surface area contributed by atoms with E-state index in [1.54, 1.807) is 59.9 Å². The van der Waals surface area contributed by atoms with Crippen LogP contribution < -0.4 is 31.9 Å². The average Bonchev–Trinajstić information content (AvgIpc) is 4.00. The molecule has 2 radical (unpaired) electrons. The molecule has 0 aliphatic carbocycles. The number of aromatic nitrogens is 8. The van der Waals surface area contributed by atoms with E-state index in [1.165, 1.54) is 21.1 Å². The number of aliphatic hydroxyl groups excluding tert-OH is 1. The van der Waals surface area contributed by atoms with Gasteiger partial charge in [-0.15, -0.1) is 12.4 Å². The quantitative estimate of drug-likeness (QED) is 0.0498.